The van der Waals surface area contributed by atoms with Gasteiger partial charge in [-0.15, -0.1) is 0 Å². The van der Waals surface area contributed by atoms with E-state index in [1.807, 2.05) is 12.1 Å². The van der Waals surface area contributed by atoms with E-state index in [0.29, 0.717) is 6.54 Å². The van der Waals surface area contributed by atoms with Crippen molar-refractivity contribution in [3.05, 3.63) is 34.3 Å². The first kappa shape index (κ1) is 14.0. The number of hydrogen-bond acceptors (Lipinski definition) is 2. The molecule has 0 aliphatic heterocycles. The van der Waals surface area contributed by atoms with E-state index < -0.39 is 0 Å². The van der Waals surface area contributed by atoms with E-state index in [2.05, 4.69) is 41.9 Å². The molecule has 2 atom stereocenters. The molecule has 0 spiro atoms. The number of halogens is 1. The smallest absolute Gasteiger partial charge is 0.0662 e. The van der Waals surface area contributed by atoms with Crippen molar-refractivity contribution in [2.45, 2.75) is 39.2 Å². The fourth-order valence-electron chi connectivity index (χ4n) is 3.20. The van der Waals surface area contributed by atoms with Crippen LogP contribution in [0.5, 0.6) is 0 Å². The van der Waals surface area contributed by atoms with Gasteiger partial charge in [0, 0.05) is 16.4 Å². The van der Waals surface area contributed by atoms with Crippen LogP contribution in [0.25, 0.3) is 0 Å². The van der Waals surface area contributed by atoms with Gasteiger partial charge in [-0.1, -0.05) is 41.9 Å². The molecule has 1 saturated carbocycles. The highest BCUT2D eigenvalue weighted by atomic mass is 79.9. The molecule has 0 aromatic heterocycles. The van der Waals surface area contributed by atoms with Crippen molar-refractivity contribution in [2.24, 2.45) is 16.6 Å². The molecule has 0 radical (unpaired) electrons. The van der Waals surface area contributed by atoms with Gasteiger partial charge in [-0.25, -0.2) is 0 Å². The lowest BCUT2D eigenvalue weighted by Crippen LogP contribution is -2.44. The molecule has 0 bridgehead atoms. The summed E-state index contributed by atoms with van der Waals surface area (Å²) in [6.45, 7) is 4.82. The lowest BCUT2D eigenvalue weighted by molar-refractivity contribution is -0.00464. The van der Waals surface area contributed by atoms with Gasteiger partial charge in [0.25, 0.3) is 0 Å². The predicted octanol–water partition coefficient (Wildman–Crippen LogP) is 3.12. The normalized spacial score (nSPS) is 30.6. The zero-order valence-corrected chi connectivity index (χ0v) is 12.7. The second-order valence-electron chi connectivity index (χ2n) is 6.26. The quantitative estimate of drug-likeness (QED) is 0.901. The zero-order chi connectivity index (χ0) is 13.4. The highest BCUT2D eigenvalue weighted by Crippen LogP contribution is 2.50. The molecule has 0 heterocycles. The van der Waals surface area contributed by atoms with Gasteiger partial charge in [0.2, 0.25) is 0 Å². The number of aliphatic hydroxyl groups is 1. The molecule has 1 aromatic rings. The monoisotopic (exact) mass is 311 g/mol. The Balaban J connectivity index is 2.25. The minimum Gasteiger partial charge on any atom is -0.392 e. The van der Waals surface area contributed by atoms with Crippen molar-refractivity contribution in [1.82, 2.24) is 0 Å². The second-order valence-corrected chi connectivity index (χ2v) is 7.18. The molecule has 18 heavy (non-hydrogen) atoms. The van der Waals surface area contributed by atoms with E-state index in [4.69, 9.17) is 5.73 Å². The first-order valence-electron chi connectivity index (χ1n) is 6.52. The summed E-state index contributed by atoms with van der Waals surface area (Å²) in [5, 5.41) is 10.6. The van der Waals surface area contributed by atoms with Crippen LogP contribution in [0.1, 0.15) is 32.3 Å². The first-order chi connectivity index (χ1) is 8.39. The van der Waals surface area contributed by atoms with E-state index >= 15 is 0 Å². The summed E-state index contributed by atoms with van der Waals surface area (Å²) in [5.74, 6) is 0. The minimum absolute atomic E-state index is 0.0224. The highest BCUT2D eigenvalue weighted by molar-refractivity contribution is 9.10. The molecule has 2 nitrogen and oxygen atoms in total. The van der Waals surface area contributed by atoms with Crippen molar-refractivity contribution in [2.75, 3.05) is 6.54 Å². The molecule has 1 fully saturated rings. The molecule has 1 aliphatic rings. The summed E-state index contributed by atoms with van der Waals surface area (Å²) in [4.78, 5) is 0. The number of nitrogens with two attached hydrogens (primary N) is 1. The van der Waals surface area contributed by atoms with Crippen molar-refractivity contribution in [3.8, 4) is 0 Å². The molecule has 1 aromatic carbocycles. The van der Waals surface area contributed by atoms with E-state index in [1.54, 1.807) is 0 Å². The average molecular weight is 312 g/mol. The van der Waals surface area contributed by atoms with Crippen LogP contribution in [0.4, 0.5) is 0 Å². The van der Waals surface area contributed by atoms with Gasteiger partial charge in [0.1, 0.15) is 0 Å². The Morgan fingerprint density at radius 2 is 2.11 bits per heavy atom. The van der Waals surface area contributed by atoms with Gasteiger partial charge < -0.3 is 10.8 Å². The number of benzene rings is 1. The largest absolute Gasteiger partial charge is 0.392 e. The third kappa shape index (κ3) is 2.49. The summed E-state index contributed by atoms with van der Waals surface area (Å²) in [6.07, 6.45) is 2.57. The van der Waals surface area contributed by atoms with Crippen LogP contribution in [-0.2, 0) is 6.42 Å². The Hall–Kier alpha value is -0.380. The summed E-state index contributed by atoms with van der Waals surface area (Å²) in [7, 11) is 0. The van der Waals surface area contributed by atoms with Crippen LogP contribution < -0.4 is 5.73 Å². The van der Waals surface area contributed by atoms with Gasteiger partial charge in [0.15, 0.2) is 0 Å². The molecule has 0 amide bonds. The van der Waals surface area contributed by atoms with E-state index in [0.717, 1.165) is 23.7 Å². The fraction of sp³-hybridized carbons (Fsp3) is 0.600. The highest BCUT2D eigenvalue weighted by Gasteiger charge is 2.50. The van der Waals surface area contributed by atoms with E-state index in [-0.39, 0.29) is 16.9 Å². The van der Waals surface area contributed by atoms with Gasteiger partial charge in [-0.2, -0.15) is 0 Å². The Morgan fingerprint density at radius 1 is 1.39 bits per heavy atom. The molecule has 1 aliphatic carbocycles. The van der Waals surface area contributed by atoms with Crippen molar-refractivity contribution >= 4 is 15.9 Å². The molecular formula is C15H22BrNO. The molecule has 3 heteroatoms. The molecule has 3 N–H and O–H groups in total. The van der Waals surface area contributed by atoms with Crippen molar-refractivity contribution in [3.63, 3.8) is 0 Å². The topological polar surface area (TPSA) is 46.2 Å². The lowest BCUT2D eigenvalue weighted by atomic mass is 9.74. The lowest BCUT2D eigenvalue weighted by Gasteiger charge is -2.36. The van der Waals surface area contributed by atoms with Crippen LogP contribution in [0.3, 0.4) is 0 Å². The summed E-state index contributed by atoms with van der Waals surface area (Å²) in [5.41, 5.74) is 7.05. The van der Waals surface area contributed by atoms with Gasteiger partial charge in [0.05, 0.1) is 6.10 Å². The number of aliphatic hydroxyl groups excluding tert-OH is 1. The van der Waals surface area contributed by atoms with Crippen LogP contribution in [0.2, 0.25) is 0 Å². The Kier molecular flexibility index (Phi) is 3.86. The van der Waals surface area contributed by atoms with Crippen LogP contribution in [-0.4, -0.2) is 17.8 Å². The molecule has 2 rings (SSSR count). The predicted molar refractivity (Wildman–Crippen MR) is 78.4 cm³/mol. The summed E-state index contributed by atoms with van der Waals surface area (Å²) < 4.78 is 1.08. The van der Waals surface area contributed by atoms with Gasteiger partial charge in [-0.3, -0.25) is 0 Å². The first-order valence-corrected chi connectivity index (χ1v) is 7.31. The van der Waals surface area contributed by atoms with E-state index in [1.165, 1.54) is 5.56 Å². The fourth-order valence-corrected chi connectivity index (χ4v) is 3.64. The molecular weight excluding hydrogens is 290 g/mol. The third-order valence-electron chi connectivity index (χ3n) is 4.44. The zero-order valence-electron chi connectivity index (χ0n) is 11.1. The van der Waals surface area contributed by atoms with Crippen LogP contribution in [0, 0.1) is 10.8 Å². The number of hydrogen-bond donors (Lipinski definition) is 2. The van der Waals surface area contributed by atoms with Gasteiger partial charge in [-0.05, 0) is 42.4 Å². The molecule has 2 unspecified atom stereocenters. The Bertz CT molecular complexity index is 432. The molecule has 0 saturated heterocycles. The van der Waals surface area contributed by atoms with Gasteiger partial charge >= 0.3 is 0 Å². The van der Waals surface area contributed by atoms with Crippen LogP contribution >= 0.6 is 15.9 Å². The van der Waals surface area contributed by atoms with E-state index in [9.17, 15) is 5.11 Å². The van der Waals surface area contributed by atoms with Crippen molar-refractivity contribution in [1.29, 1.82) is 0 Å². The van der Waals surface area contributed by atoms with Crippen LogP contribution in [0.15, 0.2) is 28.7 Å². The maximum atomic E-state index is 10.6. The molecule has 100 valence electrons. The Morgan fingerprint density at radius 3 is 2.61 bits per heavy atom. The minimum atomic E-state index is -0.325. The maximum absolute atomic E-state index is 10.6. The average Bonchev–Trinajstić information content (AvgIpc) is 2.54. The third-order valence-corrected chi connectivity index (χ3v) is 4.93. The standard InChI is InChI=1S/C15H22BrNO/c1-14(2)6-7-15(10-17,13(14)18)9-11-4-3-5-12(16)8-11/h3-5,8,13,18H,6-7,9-10,17H2,1-2H3. The van der Waals surface area contributed by atoms with Crippen molar-refractivity contribution < 1.29 is 5.11 Å². The summed E-state index contributed by atoms with van der Waals surface area (Å²) >= 11 is 3.49. The SMILES string of the molecule is CC1(C)CCC(CN)(Cc2cccc(Br)c2)C1O. The maximum Gasteiger partial charge on any atom is 0.0662 e. The number of rotatable bonds is 3. The Labute approximate surface area is 118 Å². The summed E-state index contributed by atoms with van der Waals surface area (Å²) in [6, 6.07) is 8.29. The second kappa shape index (κ2) is 4.95.